The molecule has 2 aromatic carbocycles. The average Bonchev–Trinajstić information content (AvgIpc) is 3.28. The molecule has 0 aliphatic carbocycles. The summed E-state index contributed by atoms with van der Waals surface area (Å²) in [6, 6.07) is 17.0. The third kappa shape index (κ3) is 2.25. The van der Waals surface area contributed by atoms with Gasteiger partial charge in [0, 0.05) is 0 Å². The van der Waals surface area contributed by atoms with Crippen molar-refractivity contribution in [2.45, 2.75) is 12.2 Å². The molecule has 1 aliphatic rings. The highest BCUT2D eigenvalue weighted by atomic mass is 16.6. The maximum Gasteiger partial charge on any atom is 0.198 e. The van der Waals surface area contributed by atoms with E-state index in [-0.39, 0.29) is 11.9 Å². The van der Waals surface area contributed by atoms with Crippen molar-refractivity contribution in [3.63, 3.8) is 0 Å². The van der Waals surface area contributed by atoms with Crippen molar-refractivity contribution in [3.8, 4) is 5.75 Å². The molecule has 3 rings (SSSR count). The molecule has 2 aromatic rings. The minimum atomic E-state index is -0.390. The lowest BCUT2D eigenvalue weighted by Gasteiger charge is -2.05. The molecule has 0 radical (unpaired) electrons. The summed E-state index contributed by atoms with van der Waals surface area (Å²) in [5, 5.41) is 0. The number of rotatable bonds is 4. The SMILES string of the molecule is COc1ccccc1C(=O)C1OC1c1ccccc1. The quantitative estimate of drug-likeness (QED) is 0.622. The van der Waals surface area contributed by atoms with Crippen molar-refractivity contribution in [1.82, 2.24) is 0 Å². The zero-order chi connectivity index (χ0) is 13.2. The third-order valence-corrected chi connectivity index (χ3v) is 3.25. The third-order valence-electron chi connectivity index (χ3n) is 3.25. The fourth-order valence-electron chi connectivity index (χ4n) is 2.21. The molecule has 0 saturated carbocycles. The highest BCUT2D eigenvalue weighted by molar-refractivity contribution is 6.03. The van der Waals surface area contributed by atoms with Crippen molar-refractivity contribution in [3.05, 3.63) is 65.7 Å². The van der Waals surface area contributed by atoms with Crippen LogP contribution in [0.4, 0.5) is 0 Å². The van der Waals surface area contributed by atoms with Crippen molar-refractivity contribution in [2.75, 3.05) is 7.11 Å². The van der Waals surface area contributed by atoms with E-state index in [4.69, 9.17) is 9.47 Å². The molecule has 3 heteroatoms. The number of benzene rings is 2. The van der Waals surface area contributed by atoms with E-state index >= 15 is 0 Å². The highest BCUT2D eigenvalue weighted by Crippen LogP contribution is 2.41. The molecule has 0 bridgehead atoms. The van der Waals surface area contributed by atoms with Crippen LogP contribution in [0.1, 0.15) is 22.0 Å². The van der Waals surface area contributed by atoms with E-state index in [1.807, 2.05) is 42.5 Å². The molecule has 1 saturated heterocycles. The average molecular weight is 254 g/mol. The first-order valence-electron chi connectivity index (χ1n) is 6.19. The number of ether oxygens (including phenoxy) is 2. The number of para-hydroxylation sites is 1. The van der Waals surface area contributed by atoms with Gasteiger partial charge in [0.15, 0.2) is 11.9 Å². The van der Waals surface area contributed by atoms with E-state index in [1.54, 1.807) is 19.2 Å². The van der Waals surface area contributed by atoms with Gasteiger partial charge in [0.05, 0.1) is 12.7 Å². The van der Waals surface area contributed by atoms with Crippen LogP contribution in [-0.4, -0.2) is 19.0 Å². The van der Waals surface area contributed by atoms with Gasteiger partial charge < -0.3 is 9.47 Å². The number of ketones is 1. The van der Waals surface area contributed by atoms with Crippen LogP contribution in [0.2, 0.25) is 0 Å². The second kappa shape index (κ2) is 4.86. The number of epoxide rings is 1. The Morgan fingerprint density at radius 3 is 2.47 bits per heavy atom. The normalized spacial score (nSPS) is 20.9. The Morgan fingerprint density at radius 1 is 1.05 bits per heavy atom. The van der Waals surface area contributed by atoms with Gasteiger partial charge in [0.25, 0.3) is 0 Å². The highest BCUT2D eigenvalue weighted by Gasteiger charge is 2.46. The molecule has 0 N–H and O–H groups in total. The lowest BCUT2D eigenvalue weighted by molar-refractivity contribution is 0.0950. The van der Waals surface area contributed by atoms with E-state index in [1.165, 1.54) is 0 Å². The van der Waals surface area contributed by atoms with Crippen LogP contribution in [0.25, 0.3) is 0 Å². The molecule has 1 heterocycles. The van der Waals surface area contributed by atoms with Crippen LogP contribution >= 0.6 is 0 Å². The van der Waals surface area contributed by atoms with E-state index in [2.05, 4.69) is 0 Å². The van der Waals surface area contributed by atoms with E-state index in [9.17, 15) is 4.79 Å². The maximum absolute atomic E-state index is 12.4. The lowest BCUT2D eigenvalue weighted by Crippen LogP contribution is -2.09. The molecular weight excluding hydrogens is 240 g/mol. The summed E-state index contributed by atoms with van der Waals surface area (Å²) in [7, 11) is 1.56. The Morgan fingerprint density at radius 2 is 1.74 bits per heavy atom. The Labute approximate surface area is 111 Å². The zero-order valence-corrected chi connectivity index (χ0v) is 10.6. The number of hydrogen-bond donors (Lipinski definition) is 0. The fourth-order valence-corrected chi connectivity index (χ4v) is 2.21. The molecule has 1 fully saturated rings. The van der Waals surface area contributed by atoms with E-state index in [0.717, 1.165) is 5.56 Å². The monoisotopic (exact) mass is 254 g/mol. The molecule has 0 spiro atoms. The lowest BCUT2D eigenvalue weighted by atomic mass is 10.0. The Balaban J connectivity index is 1.80. The largest absolute Gasteiger partial charge is 0.496 e. The zero-order valence-electron chi connectivity index (χ0n) is 10.6. The van der Waals surface area contributed by atoms with Crippen molar-refractivity contribution in [2.24, 2.45) is 0 Å². The molecule has 1 aliphatic heterocycles. The maximum atomic E-state index is 12.4. The van der Waals surface area contributed by atoms with Gasteiger partial charge in [-0.05, 0) is 17.7 Å². The summed E-state index contributed by atoms with van der Waals surface area (Å²) >= 11 is 0. The van der Waals surface area contributed by atoms with E-state index < -0.39 is 6.10 Å². The predicted molar refractivity (Wildman–Crippen MR) is 71.4 cm³/mol. The number of Topliss-reactive ketones (excluding diaryl/α,β-unsaturated/α-hetero) is 1. The van der Waals surface area contributed by atoms with Gasteiger partial charge in [-0.15, -0.1) is 0 Å². The van der Waals surface area contributed by atoms with E-state index in [0.29, 0.717) is 11.3 Å². The van der Waals surface area contributed by atoms with Gasteiger partial charge in [-0.3, -0.25) is 4.79 Å². The number of hydrogen-bond acceptors (Lipinski definition) is 3. The number of carbonyl (C=O) groups excluding carboxylic acids is 1. The van der Waals surface area contributed by atoms with Crippen molar-refractivity contribution in [1.29, 1.82) is 0 Å². The Kier molecular flexibility index (Phi) is 3.05. The number of carbonyl (C=O) groups is 1. The molecule has 3 nitrogen and oxygen atoms in total. The van der Waals surface area contributed by atoms with Crippen molar-refractivity contribution < 1.29 is 14.3 Å². The van der Waals surface area contributed by atoms with Crippen LogP contribution in [0.3, 0.4) is 0 Å². The summed E-state index contributed by atoms with van der Waals surface area (Å²) in [6.45, 7) is 0. The van der Waals surface area contributed by atoms with Gasteiger partial charge in [-0.1, -0.05) is 42.5 Å². The Hall–Kier alpha value is -2.13. The first-order valence-corrected chi connectivity index (χ1v) is 6.19. The standard InChI is InChI=1S/C16H14O3/c1-18-13-10-6-5-9-12(13)14(17)16-15(19-16)11-7-3-2-4-8-11/h2-10,15-16H,1H3. The van der Waals surface area contributed by atoms with Gasteiger partial charge in [-0.25, -0.2) is 0 Å². The Bertz CT molecular complexity index is 592. The summed E-state index contributed by atoms with van der Waals surface area (Å²) in [6.07, 6.45) is -0.516. The van der Waals surface area contributed by atoms with Gasteiger partial charge >= 0.3 is 0 Å². The first kappa shape index (κ1) is 11.9. The van der Waals surface area contributed by atoms with Gasteiger partial charge in [-0.2, -0.15) is 0 Å². The minimum absolute atomic E-state index is 0.0219. The fraction of sp³-hybridized carbons (Fsp3) is 0.188. The smallest absolute Gasteiger partial charge is 0.198 e. The summed E-state index contributed by atoms with van der Waals surface area (Å²) in [5.41, 5.74) is 1.61. The van der Waals surface area contributed by atoms with Crippen LogP contribution in [-0.2, 0) is 4.74 Å². The predicted octanol–water partition coefficient (Wildman–Crippen LogP) is 3.02. The summed E-state index contributed by atoms with van der Waals surface area (Å²) < 4.78 is 10.7. The van der Waals surface area contributed by atoms with Crippen LogP contribution in [0.15, 0.2) is 54.6 Å². The topological polar surface area (TPSA) is 38.8 Å². The van der Waals surface area contributed by atoms with Crippen LogP contribution in [0, 0.1) is 0 Å². The van der Waals surface area contributed by atoms with Gasteiger partial charge in [0.2, 0.25) is 0 Å². The molecule has 2 atom stereocenters. The first-order chi connectivity index (χ1) is 9.31. The van der Waals surface area contributed by atoms with Crippen LogP contribution in [0.5, 0.6) is 5.75 Å². The summed E-state index contributed by atoms with van der Waals surface area (Å²) in [5.74, 6) is 0.570. The van der Waals surface area contributed by atoms with Gasteiger partial charge in [0.1, 0.15) is 11.9 Å². The van der Waals surface area contributed by atoms with Crippen LogP contribution < -0.4 is 4.74 Å². The molecule has 2 unspecified atom stereocenters. The molecule has 19 heavy (non-hydrogen) atoms. The molecular formula is C16H14O3. The summed E-state index contributed by atoms with van der Waals surface area (Å²) in [4.78, 5) is 12.4. The molecule has 96 valence electrons. The molecule has 0 aromatic heterocycles. The van der Waals surface area contributed by atoms with Crippen molar-refractivity contribution >= 4 is 5.78 Å². The second-order valence-electron chi connectivity index (χ2n) is 4.45. The number of methoxy groups -OCH3 is 1. The minimum Gasteiger partial charge on any atom is -0.496 e. The second-order valence-corrected chi connectivity index (χ2v) is 4.45. The molecule has 0 amide bonds.